The summed E-state index contributed by atoms with van der Waals surface area (Å²) in [7, 11) is 2.19. The number of hydrogen-bond acceptors (Lipinski definition) is 1. The first-order chi connectivity index (χ1) is 17.8. The van der Waals surface area contributed by atoms with Crippen molar-refractivity contribution < 1.29 is 9.30 Å². The van der Waals surface area contributed by atoms with Crippen LogP contribution in [0.5, 0.6) is 11.5 Å². The number of nitrogens with zero attached hydrogens (tertiary/aromatic N) is 1. The molecule has 1 aromatic heterocycles. The Hall–Kier alpha value is -3.39. The maximum absolute atomic E-state index is 7.00. The minimum atomic E-state index is 0.143. The van der Waals surface area contributed by atoms with Crippen LogP contribution in [0.2, 0.25) is 0 Å². The Kier molecular flexibility index (Phi) is 4.96. The number of ether oxygens (including phenoxy) is 1. The second-order valence-corrected chi connectivity index (χ2v) is 12.6. The van der Waals surface area contributed by atoms with Gasteiger partial charge in [-0.25, -0.2) is 4.57 Å². The molecule has 1 aliphatic carbocycles. The molecule has 1 fully saturated rings. The maximum Gasteiger partial charge on any atom is 0.228 e. The lowest BCUT2D eigenvalue weighted by molar-refractivity contribution is -0.659. The van der Waals surface area contributed by atoms with Crippen molar-refractivity contribution in [3.05, 3.63) is 77.5 Å². The van der Waals surface area contributed by atoms with Crippen LogP contribution in [0.4, 0.5) is 0 Å². The Labute approximate surface area is 219 Å². The van der Waals surface area contributed by atoms with E-state index in [0.29, 0.717) is 5.92 Å². The molecule has 7 rings (SSSR count). The second kappa shape index (κ2) is 8.05. The predicted molar refractivity (Wildman–Crippen MR) is 155 cm³/mol. The van der Waals surface area contributed by atoms with Crippen LogP contribution in [0.25, 0.3) is 43.6 Å². The van der Waals surface area contributed by atoms with E-state index >= 15 is 0 Å². The molecule has 2 nitrogen and oxygen atoms in total. The van der Waals surface area contributed by atoms with E-state index < -0.39 is 0 Å². The summed E-state index contributed by atoms with van der Waals surface area (Å²) < 4.78 is 9.30. The van der Waals surface area contributed by atoms with E-state index in [2.05, 4.69) is 100 Å². The van der Waals surface area contributed by atoms with Gasteiger partial charge >= 0.3 is 0 Å². The Bertz CT molecular complexity index is 1730. The lowest BCUT2D eigenvalue weighted by Crippen LogP contribution is -2.32. The van der Waals surface area contributed by atoms with Crippen molar-refractivity contribution in [3.63, 3.8) is 0 Å². The third-order valence-electron chi connectivity index (χ3n) is 8.74. The van der Waals surface area contributed by atoms with Gasteiger partial charge in [-0.05, 0) is 76.3 Å². The van der Waals surface area contributed by atoms with Crippen LogP contribution in [0.3, 0.4) is 0 Å². The molecule has 2 aliphatic rings. The summed E-state index contributed by atoms with van der Waals surface area (Å²) in [4.78, 5) is 0. The van der Waals surface area contributed by atoms with E-state index in [4.69, 9.17) is 4.74 Å². The van der Waals surface area contributed by atoms with E-state index in [1.165, 1.54) is 85.9 Å². The average Bonchev–Trinajstić information content (AvgIpc) is 3.42. The van der Waals surface area contributed by atoms with Crippen LogP contribution in [-0.4, -0.2) is 0 Å². The predicted octanol–water partition coefficient (Wildman–Crippen LogP) is 9.30. The zero-order valence-electron chi connectivity index (χ0n) is 22.7. The molecule has 186 valence electrons. The molecule has 0 unspecified atom stereocenters. The number of rotatable bonds is 2. The molecule has 0 saturated heterocycles. The van der Waals surface area contributed by atoms with Gasteiger partial charge in [0.2, 0.25) is 5.69 Å². The van der Waals surface area contributed by atoms with Crippen LogP contribution in [-0.2, 0) is 13.5 Å². The van der Waals surface area contributed by atoms with Crippen molar-refractivity contribution >= 4 is 32.3 Å². The molecular weight excluding hydrogens is 450 g/mol. The summed E-state index contributed by atoms with van der Waals surface area (Å²) in [6, 6.07) is 20.6. The summed E-state index contributed by atoms with van der Waals surface area (Å²) in [5.41, 5.74) is 6.80. The minimum Gasteiger partial charge on any atom is -0.455 e. The van der Waals surface area contributed by atoms with Gasteiger partial charge in [0.15, 0.2) is 6.20 Å². The second-order valence-electron chi connectivity index (χ2n) is 12.6. The summed E-state index contributed by atoms with van der Waals surface area (Å²) in [6.45, 7) is 9.23. The van der Waals surface area contributed by atoms with Crippen molar-refractivity contribution in [2.45, 2.75) is 65.7 Å². The van der Waals surface area contributed by atoms with Crippen molar-refractivity contribution in [1.29, 1.82) is 0 Å². The van der Waals surface area contributed by atoms with E-state index in [0.717, 1.165) is 17.9 Å². The lowest BCUT2D eigenvalue weighted by Gasteiger charge is -2.28. The topological polar surface area (TPSA) is 13.1 Å². The number of hydrogen-bond donors (Lipinski definition) is 0. The van der Waals surface area contributed by atoms with Crippen molar-refractivity contribution in [1.82, 2.24) is 0 Å². The Balaban J connectivity index is 1.58. The van der Waals surface area contributed by atoms with Crippen LogP contribution in [0, 0.1) is 12.3 Å². The van der Waals surface area contributed by atoms with Gasteiger partial charge in [0.05, 0.1) is 10.9 Å². The fourth-order valence-corrected chi connectivity index (χ4v) is 7.03. The fourth-order valence-electron chi connectivity index (χ4n) is 7.03. The highest BCUT2D eigenvalue weighted by Gasteiger charge is 2.34. The molecule has 0 bridgehead atoms. The minimum absolute atomic E-state index is 0.143. The molecule has 0 radical (unpaired) electrons. The smallest absolute Gasteiger partial charge is 0.228 e. The summed E-state index contributed by atoms with van der Waals surface area (Å²) >= 11 is 0. The van der Waals surface area contributed by atoms with E-state index in [1.54, 1.807) is 0 Å². The summed E-state index contributed by atoms with van der Waals surface area (Å²) in [6.07, 6.45) is 8.57. The third kappa shape index (κ3) is 3.49. The maximum atomic E-state index is 7.00. The first-order valence-corrected chi connectivity index (χ1v) is 13.9. The molecule has 1 aliphatic heterocycles. The van der Waals surface area contributed by atoms with E-state index in [-0.39, 0.29) is 5.41 Å². The SMILES string of the molecule is Cc1c2c(c(CC(C)(C)C)c3ccccc13)Oc1cc3ccc(C4CCCC4)cc3c3cc[n+](C)c-2c13. The number of aryl methyl sites for hydroxylation is 2. The number of fused-ring (bicyclic) bond motifs is 5. The molecule has 1 saturated carbocycles. The highest BCUT2D eigenvalue weighted by Crippen LogP contribution is 2.53. The Morgan fingerprint density at radius 1 is 0.892 bits per heavy atom. The molecule has 5 aromatic rings. The van der Waals surface area contributed by atoms with Crippen LogP contribution < -0.4 is 9.30 Å². The molecule has 37 heavy (non-hydrogen) atoms. The highest BCUT2D eigenvalue weighted by atomic mass is 16.5. The zero-order valence-corrected chi connectivity index (χ0v) is 22.7. The lowest BCUT2D eigenvalue weighted by atomic mass is 9.81. The van der Waals surface area contributed by atoms with Crippen molar-refractivity contribution in [2.24, 2.45) is 12.5 Å². The summed E-state index contributed by atoms with van der Waals surface area (Å²) in [5, 5.41) is 7.81. The normalized spacial score (nSPS) is 15.5. The number of pyridine rings is 1. The quantitative estimate of drug-likeness (QED) is 0.175. The first kappa shape index (κ1) is 22.8. The van der Waals surface area contributed by atoms with E-state index in [1.807, 2.05) is 0 Å². The largest absolute Gasteiger partial charge is 0.455 e. The average molecular weight is 487 g/mol. The first-order valence-electron chi connectivity index (χ1n) is 13.9. The molecule has 0 atom stereocenters. The molecule has 0 spiro atoms. The Morgan fingerprint density at radius 3 is 2.41 bits per heavy atom. The molecule has 0 N–H and O–H groups in total. The standard InChI is InChI=1S/C35H36NO/c1-21-25-12-8-9-13-26(25)29(20-35(2,3)4)34-31(21)33-32-27(16-17-36(33)5)28-18-23(22-10-6-7-11-22)14-15-24(28)19-30(32)37-34/h8-9,12-19,22H,6-7,10-11,20H2,1-5H3/q+1. The summed E-state index contributed by atoms with van der Waals surface area (Å²) in [5.74, 6) is 2.74. The molecule has 4 aromatic carbocycles. The molecular formula is C35H36NO+. The number of aromatic nitrogens is 1. The van der Waals surface area contributed by atoms with Gasteiger partial charge in [-0.3, -0.25) is 0 Å². The van der Waals surface area contributed by atoms with Gasteiger partial charge < -0.3 is 4.74 Å². The monoisotopic (exact) mass is 486 g/mol. The van der Waals surface area contributed by atoms with Gasteiger partial charge in [-0.15, -0.1) is 0 Å². The van der Waals surface area contributed by atoms with E-state index in [9.17, 15) is 0 Å². The van der Waals surface area contributed by atoms with Crippen molar-refractivity contribution in [3.8, 4) is 22.8 Å². The van der Waals surface area contributed by atoms with Gasteiger partial charge in [-0.2, -0.15) is 0 Å². The third-order valence-corrected chi connectivity index (χ3v) is 8.74. The van der Waals surface area contributed by atoms with Gasteiger partial charge in [-0.1, -0.05) is 76.1 Å². The van der Waals surface area contributed by atoms with Crippen LogP contribution in [0.15, 0.2) is 60.8 Å². The van der Waals surface area contributed by atoms with Gasteiger partial charge in [0.1, 0.15) is 18.5 Å². The van der Waals surface area contributed by atoms with Gasteiger partial charge in [0, 0.05) is 17.0 Å². The highest BCUT2D eigenvalue weighted by molar-refractivity contribution is 6.16. The molecule has 2 heteroatoms. The van der Waals surface area contributed by atoms with Crippen LogP contribution >= 0.6 is 0 Å². The van der Waals surface area contributed by atoms with Crippen molar-refractivity contribution in [2.75, 3.05) is 0 Å². The Morgan fingerprint density at radius 2 is 1.65 bits per heavy atom. The van der Waals surface area contributed by atoms with Gasteiger partial charge in [0.25, 0.3) is 0 Å². The zero-order chi connectivity index (χ0) is 25.5. The molecule has 2 heterocycles. The van der Waals surface area contributed by atoms with Crippen LogP contribution in [0.1, 0.15) is 69.1 Å². The fraction of sp³-hybridized carbons (Fsp3) is 0.343. The molecule has 0 amide bonds. The number of benzene rings is 4.